The predicted molar refractivity (Wildman–Crippen MR) is 292 cm³/mol. The van der Waals surface area contributed by atoms with Crippen molar-refractivity contribution < 1.29 is 52.0 Å². The fourth-order valence-electron chi connectivity index (χ4n) is 8.07. The van der Waals surface area contributed by atoms with Crippen LogP contribution in [-0.2, 0) is 6.18 Å². The number of phenols is 2. The molecule has 21 heteroatoms. The molecule has 0 aliphatic rings. The molecule has 0 spiro atoms. The monoisotopic (exact) mass is 1090 g/mol. The Morgan fingerprint density at radius 1 is 0.487 bits per heavy atom. The van der Waals surface area contributed by atoms with E-state index in [-0.39, 0.29) is 45.4 Å². The summed E-state index contributed by atoms with van der Waals surface area (Å²) < 4.78 is 55.3. The van der Waals surface area contributed by atoms with Crippen LogP contribution < -0.4 is 30.7 Å². The molecule has 0 aliphatic carbocycles. The average molecular weight is 1090 g/mol. The number of hydrogen-bond donors (Lipinski definition) is 6. The van der Waals surface area contributed by atoms with Crippen LogP contribution >= 0.6 is 23.2 Å². The van der Waals surface area contributed by atoms with E-state index >= 15 is 0 Å². The van der Waals surface area contributed by atoms with Crippen LogP contribution in [0.1, 0.15) is 47.0 Å². The lowest BCUT2D eigenvalue weighted by atomic mass is 10.0. The van der Waals surface area contributed by atoms with Gasteiger partial charge in [0.2, 0.25) is 0 Å². The molecule has 0 unspecified atom stereocenters. The lowest BCUT2D eigenvalue weighted by Gasteiger charge is -2.19. The van der Waals surface area contributed by atoms with Gasteiger partial charge in [-0.15, -0.1) is 20.5 Å². The van der Waals surface area contributed by atoms with Crippen LogP contribution in [-0.4, -0.2) is 48.1 Å². The van der Waals surface area contributed by atoms with Crippen molar-refractivity contribution in [3.8, 4) is 23.0 Å². The van der Waals surface area contributed by atoms with Crippen molar-refractivity contribution in [1.82, 2.24) is 0 Å². The van der Waals surface area contributed by atoms with Gasteiger partial charge in [0.15, 0.2) is 11.5 Å². The molecule has 0 radical (unpaired) electrons. The van der Waals surface area contributed by atoms with Gasteiger partial charge < -0.3 is 41.0 Å². The van der Waals surface area contributed by atoms with Crippen LogP contribution in [0, 0.1) is 0 Å². The predicted octanol–water partition coefficient (Wildman–Crippen LogP) is 15.6. The van der Waals surface area contributed by atoms with E-state index in [1.165, 1.54) is 62.8 Å². The number of nitrogens with zero attached hydrogens (tertiary/aromatic N) is 4. The van der Waals surface area contributed by atoms with E-state index in [1.807, 2.05) is 0 Å². The third kappa shape index (κ3) is 11.2. The maximum atomic E-state index is 14.8. The number of aromatic hydroxyl groups is 2. The summed E-state index contributed by atoms with van der Waals surface area (Å²) in [5.41, 5.74) is -2.99. The highest BCUT2D eigenvalue weighted by molar-refractivity contribution is 6.43. The molecule has 6 N–H and O–H groups in total. The van der Waals surface area contributed by atoms with E-state index in [0.29, 0.717) is 39.0 Å². The molecule has 16 nitrogen and oxygen atoms in total. The summed E-state index contributed by atoms with van der Waals surface area (Å²) >= 11 is 13.1. The first kappa shape index (κ1) is 53.0. The number of alkyl halides is 3. The zero-order valence-corrected chi connectivity index (χ0v) is 42.1. The molecule has 0 aromatic heterocycles. The molecule has 0 saturated heterocycles. The summed E-state index contributed by atoms with van der Waals surface area (Å²) in [6, 6.07) is 42.0. The number of amides is 4. The molecule has 4 amide bonds. The highest BCUT2D eigenvalue weighted by Gasteiger charge is 2.37. The Balaban J connectivity index is 1.04. The van der Waals surface area contributed by atoms with Gasteiger partial charge in [-0.3, -0.25) is 19.2 Å². The first-order valence-corrected chi connectivity index (χ1v) is 23.9. The van der Waals surface area contributed by atoms with Gasteiger partial charge in [0.05, 0.1) is 52.3 Å². The largest absolute Gasteiger partial charge is 0.505 e. The Morgan fingerprint density at radius 3 is 1.35 bits per heavy atom. The highest BCUT2D eigenvalue weighted by Crippen LogP contribution is 2.48. The fraction of sp³-hybridized carbons (Fsp3) is 0.0526. The van der Waals surface area contributed by atoms with Crippen LogP contribution in [0.2, 0.25) is 10.0 Å². The third-order valence-corrected chi connectivity index (χ3v) is 12.7. The van der Waals surface area contributed by atoms with Crippen molar-refractivity contribution in [3.63, 3.8) is 0 Å². The SMILES string of the molecule is COc1ccc(C(=O)Nc2ccccc2)cc1N=Nc1c(O)c(C(=O)Nc2cc(C(F)(F)F)c(Cl)c(NC(=O)c3cc4ccccc4c(N=Nc4cc(C(=O)Nc5ccccc5)ccc4OC)c3O)c2Cl)cc2ccccc12. The van der Waals surface area contributed by atoms with Gasteiger partial charge in [0.1, 0.15) is 34.2 Å². The van der Waals surface area contributed by atoms with Crippen LogP contribution in [0.25, 0.3) is 21.5 Å². The first-order valence-electron chi connectivity index (χ1n) is 23.2. The lowest BCUT2D eigenvalue weighted by Crippen LogP contribution is -2.18. The molecule has 0 saturated carbocycles. The Kier molecular flexibility index (Phi) is 15.3. The average Bonchev–Trinajstić information content (AvgIpc) is 3.53. The number of carbonyl (C=O) groups is 4. The number of phenolic OH excluding ortho intramolecular Hbond substituents is 2. The lowest BCUT2D eigenvalue weighted by molar-refractivity contribution is -0.137. The minimum absolute atomic E-state index is 0.0552. The van der Waals surface area contributed by atoms with Crippen molar-refractivity contribution >= 4 is 114 Å². The number of nitrogens with one attached hydrogen (secondary N) is 4. The number of para-hydroxylation sites is 2. The number of benzene rings is 9. The maximum absolute atomic E-state index is 14.8. The molecule has 0 bridgehead atoms. The number of carbonyl (C=O) groups excluding carboxylic acids is 4. The van der Waals surface area contributed by atoms with Gasteiger partial charge in [-0.1, -0.05) is 108 Å². The van der Waals surface area contributed by atoms with Gasteiger partial charge >= 0.3 is 6.18 Å². The molecular weight excluding hydrogens is 1050 g/mol. The quantitative estimate of drug-likeness (QED) is 0.0573. The maximum Gasteiger partial charge on any atom is 0.417 e. The van der Waals surface area contributed by atoms with E-state index in [2.05, 4.69) is 41.7 Å². The van der Waals surface area contributed by atoms with Crippen molar-refractivity contribution in [2.24, 2.45) is 20.5 Å². The summed E-state index contributed by atoms with van der Waals surface area (Å²) in [6.07, 6.45) is -5.20. The Labute approximate surface area is 450 Å². The van der Waals surface area contributed by atoms with Gasteiger partial charge in [-0.25, -0.2) is 0 Å². The molecule has 78 heavy (non-hydrogen) atoms. The Morgan fingerprint density at radius 2 is 0.910 bits per heavy atom. The second-order valence-corrected chi connectivity index (χ2v) is 17.6. The van der Waals surface area contributed by atoms with Crippen molar-refractivity contribution in [2.75, 3.05) is 35.5 Å². The highest BCUT2D eigenvalue weighted by atomic mass is 35.5. The van der Waals surface area contributed by atoms with Crippen LogP contribution in [0.5, 0.6) is 23.0 Å². The van der Waals surface area contributed by atoms with E-state index in [9.17, 15) is 42.6 Å². The topological polar surface area (TPSA) is 225 Å². The first-order chi connectivity index (χ1) is 37.5. The molecule has 9 aromatic carbocycles. The van der Waals surface area contributed by atoms with E-state index in [1.54, 1.807) is 109 Å². The standard InChI is InChI=1S/C57H39Cl2F3N8O8/c1-77-44-23-21-32(53(73)63-34-15-5-3-6-16-34)27-41(44)67-69-48-36-19-11-9-13-30(36)25-38(51(48)71)55(75)65-43-29-40(57(60,61)62)46(58)50(47(43)59)66-56(76)39-26-31-14-10-12-20-37(31)49(52(39)72)70-68-42-28-33(22-24-45(42)78-2)54(74)64-35-17-7-4-8-18-35/h3-29,71-72H,1-2H3,(H,63,73)(H,64,74)(H,65,75)(H,66,76). The fourth-order valence-corrected chi connectivity index (χ4v) is 8.67. The van der Waals surface area contributed by atoms with E-state index in [0.717, 1.165) is 0 Å². The molecule has 390 valence electrons. The van der Waals surface area contributed by atoms with E-state index < -0.39 is 79.4 Å². The molecule has 0 aliphatic heterocycles. The van der Waals surface area contributed by atoms with Crippen LogP contribution in [0.15, 0.2) is 184 Å². The normalized spacial score (nSPS) is 11.5. The molecule has 0 heterocycles. The van der Waals surface area contributed by atoms with Gasteiger partial charge in [0.25, 0.3) is 23.6 Å². The van der Waals surface area contributed by atoms with Gasteiger partial charge in [-0.05, 0) is 89.6 Å². The number of ether oxygens (including phenoxy) is 2. The number of azo groups is 2. The second kappa shape index (κ2) is 22.6. The number of methoxy groups -OCH3 is 2. The van der Waals surface area contributed by atoms with E-state index in [4.69, 9.17) is 32.7 Å². The van der Waals surface area contributed by atoms with Crippen molar-refractivity contribution in [1.29, 1.82) is 0 Å². The molecule has 9 rings (SSSR count). The summed E-state index contributed by atoms with van der Waals surface area (Å²) in [7, 11) is 2.74. The van der Waals surface area contributed by atoms with Gasteiger partial charge in [0, 0.05) is 33.3 Å². The number of rotatable bonds is 14. The molecule has 0 fully saturated rings. The molecule has 9 aromatic rings. The van der Waals surface area contributed by atoms with Gasteiger partial charge in [-0.2, -0.15) is 13.2 Å². The number of fused-ring (bicyclic) bond motifs is 2. The summed E-state index contributed by atoms with van der Waals surface area (Å²) in [4.78, 5) is 54.8. The number of hydrogen-bond acceptors (Lipinski definition) is 12. The number of halogens is 5. The van der Waals surface area contributed by atoms with Crippen molar-refractivity contribution in [2.45, 2.75) is 6.18 Å². The Bertz CT molecular complexity index is 3920. The van der Waals surface area contributed by atoms with Crippen LogP contribution in [0.4, 0.5) is 58.7 Å². The zero-order chi connectivity index (χ0) is 55.3. The third-order valence-electron chi connectivity index (χ3n) is 11.9. The smallest absolute Gasteiger partial charge is 0.417 e. The van der Waals surface area contributed by atoms with Crippen LogP contribution in [0.3, 0.4) is 0 Å². The minimum Gasteiger partial charge on any atom is -0.505 e. The molecule has 0 atom stereocenters. The molecular formula is C57H39Cl2F3N8O8. The summed E-state index contributed by atoms with van der Waals surface area (Å²) in [6.45, 7) is 0. The minimum atomic E-state index is -5.20. The Hall–Kier alpha value is -9.85. The number of anilines is 4. The summed E-state index contributed by atoms with van der Waals surface area (Å²) in [5, 5.41) is 50.2. The van der Waals surface area contributed by atoms with Crippen molar-refractivity contribution in [3.05, 3.63) is 202 Å². The second-order valence-electron chi connectivity index (χ2n) is 16.9. The zero-order valence-electron chi connectivity index (χ0n) is 40.6. The summed E-state index contributed by atoms with van der Waals surface area (Å²) in [5.74, 6) is -4.47.